The van der Waals surface area contributed by atoms with E-state index in [0.29, 0.717) is 6.67 Å². The molecule has 0 amide bonds. The molecule has 0 atom stereocenters. The number of aromatic nitrogens is 4. The van der Waals surface area contributed by atoms with Crippen LogP contribution in [0.1, 0.15) is 79.0 Å². The van der Waals surface area contributed by atoms with Gasteiger partial charge in [0.25, 0.3) is 0 Å². The van der Waals surface area contributed by atoms with Gasteiger partial charge >= 0.3 is 0 Å². The van der Waals surface area contributed by atoms with Gasteiger partial charge in [-0.3, -0.25) is 14.5 Å². The van der Waals surface area contributed by atoms with Gasteiger partial charge in [-0.05, 0) is 112 Å². The van der Waals surface area contributed by atoms with E-state index in [4.69, 9.17) is 19.7 Å². The molecule has 7 heteroatoms. The number of hydrogen-bond acceptors (Lipinski definition) is 6. The summed E-state index contributed by atoms with van der Waals surface area (Å²) in [5.74, 6) is 2.39. The van der Waals surface area contributed by atoms with E-state index in [2.05, 4.69) is 216 Å². The molecule has 0 saturated heterocycles. The van der Waals surface area contributed by atoms with Gasteiger partial charge in [0.15, 0.2) is 0 Å². The number of anilines is 4. The van der Waals surface area contributed by atoms with E-state index < -0.39 is 0 Å². The highest BCUT2D eigenvalue weighted by atomic mass is 16.5. The van der Waals surface area contributed by atoms with E-state index >= 15 is 0 Å². The largest absolute Gasteiger partial charge is 0.457 e. The Morgan fingerprint density at radius 3 is 1.63 bits per heavy atom. The molecule has 1 aliphatic heterocycles. The highest BCUT2D eigenvalue weighted by molar-refractivity contribution is 6.09. The fourth-order valence-corrected chi connectivity index (χ4v) is 9.08. The molecule has 4 aromatic heterocycles. The van der Waals surface area contributed by atoms with Crippen LogP contribution in [0.3, 0.4) is 0 Å². The van der Waals surface area contributed by atoms with Crippen LogP contribution in [0.25, 0.3) is 50.1 Å². The fraction of sp³-hybridized carbons (Fsp3) is 0.224. The number of fused-ring (bicyclic) bond motifs is 4. The first-order valence-electron chi connectivity index (χ1n) is 22.6. The summed E-state index contributed by atoms with van der Waals surface area (Å²) in [5.41, 5.74) is 14.0. The minimum Gasteiger partial charge on any atom is -0.457 e. The van der Waals surface area contributed by atoms with E-state index in [-0.39, 0.29) is 16.2 Å². The third-order valence-electron chi connectivity index (χ3n) is 12.7. The summed E-state index contributed by atoms with van der Waals surface area (Å²) in [4.78, 5) is 19.7. The van der Waals surface area contributed by atoms with Gasteiger partial charge in [0, 0.05) is 58.3 Å². The highest BCUT2D eigenvalue weighted by Crippen LogP contribution is 2.50. The molecule has 0 spiro atoms. The number of para-hydroxylation sites is 4. The number of benzene rings is 5. The Morgan fingerprint density at radius 2 is 0.985 bits per heavy atom. The van der Waals surface area contributed by atoms with Gasteiger partial charge in [-0.2, -0.15) is 0 Å². The first-order valence-corrected chi connectivity index (χ1v) is 22.6. The van der Waals surface area contributed by atoms with Gasteiger partial charge in [0.05, 0.1) is 39.5 Å². The third-order valence-corrected chi connectivity index (χ3v) is 12.7. The Kier molecular flexibility index (Phi) is 10.1. The first kappa shape index (κ1) is 41.7. The van der Waals surface area contributed by atoms with Crippen molar-refractivity contribution in [2.24, 2.45) is 0 Å². The molecule has 0 radical (unpaired) electrons. The van der Waals surface area contributed by atoms with Crippen molar-refractivity contribution in [3.63, 3.8) is 0 Å². The predicted octanol–water partition coefficient (Wildman–Crippen LogP) is 15.2. The molecule has 7 nitrogen and oxygen atoms in total. The van der Waals surface area contributed by atoms with Gasteiger partial charge < -0.3 is 14.5 Å². The maximum Gasteiger partial charge on any atom is 0.137 e. The Balaban J connectivity index is 1.05. The van der Waals surface area contributed by atoms with Crippen LogP contribution in [-0.4, -0.2) is 26.2 Å². The van der Waals surface area contributed by atoms with Crippen molar-refractivity contribution in [1.29, 1.82) is 0 Å². The van der Waals surface area contributed by atoms with Gasteiger partial charge in [0.1, 0.15) is 24.0 Å². The number of hydrogen-bond donors (Lipinski definition) is 0. The molecule has 10 rings (SSSR count). The summed E-state index contributed by atoms with van der Waals surface area (Å²) in [5, 5.41) is 2.33. The standard InChI is InChI=1S/C58H56N6O/c1-56(2,3)38-26-29-59-48(32-38)46-19-15-20-47(49-33-39(27-30-60-49)57(4,5)6)55(46)63-37-62(51-22-12-13-23-52(51)63)41-16-14-17-42(35-41)65-43-24-25-45-44-18-10-11-21-50(44)64(53(45)36-43)54-34-40(28-31-61-54)58(7,8)9/h10-36H,37H2,1-9H3. The van der Waals surface area contributed by atoms with Crippen LogP contribution in [0.15, 0.2) is 164 Å². The Labute approximate surface area is 383 Å². The molecule has 0 N–H and O–H groups in total. The topological polar surface area (TPSA) is 59.3 Å². The highest BCUT2D eigenvalue weighted by Gasteiger charge is 2.32. The van der Waals surface area contributed by atoms with Gasteiger partial charge in [-0.25, -0.2) is 4.98 Å². The van der Waals surface area contributed by atoms with Crippen LogP contribution in [0.2, 0.25) is 0 Å². The second-order valence-electron chi connectivity index (χ2n) is 20.3. The summed E-state index contributed by atoms with van der Waals surface area (Å²) in [7, 11) is 0. The van der Waals surface area contributed by atoms with Crippen molar-refractivity contribution in [3.05, 3.63) is 181 Å². The average Bonchev–Trinajstić information content (AvgIpc) is 3.84. The molecular formula is C58H56N6O. The summed E-state index contributed by atoms with van der Waals surface area (Å²) < 4.78 is 9.05. The lowest BCUT2D eigenvalue weighted by Gasteiger charge is -2.28. The van der Waals surface area contributed by atoms with E-state index in [1.807, 2.05) is 24.7 Å². The summed E-state index contributed by atoms with van der Waals surface area (Å²) in [6.07, 6.45) is 5.81. The number of pyridine rings is 3. The zero-order chi connectivity index (χ0) is 45.3. The lowest BCUT2D eigenvalue weighted by atomic mass is 9.86. The minimum atomic E-state index is -0.0401. The molecule has 324 valence electrons. The average molecular weight is 853 g/mol. The van der Waals surface area contributed by atoms with Gasteiger partial charge in [-0.15, -0.1) is 0 Å². The summed E-state index contributed by atoms with van der Waals surface area (Å²) >= 11 is 0. The number of rotatable bonds is 7. The lowest BCUT2D eigenvalue weighted by Crippen LogP contribution is -2.25. The normalized spacial score (nSPS) is 13.2. The van der Waals surface area contributed by atoms with Crippen molar-refractivity contribution >= 4 is 44.6 Å². The molecule has 0 bridgehead atoms. The first-order chi connectivity index (χ1) is 31.1. The predicted molar refractivity (Wildman–Crippen MR) is 270 cm³/mol. The maximum atomic E-state index is 6.79. The second-order valence-corrected chi connectivity index (χ2v) is 20.3. The van der Waals surface area contributed by atoms with E-state index in [1.54, 1.807) is 0 Å². The van der Waals surface area contributed by atoms with Crippen molar-refractivity contribution < 1.29 is 4.74 Å². The molecular weight excluding hydrogens is 797 g/mol. The van der Waals surface area contributed by atoms with Crippen LogP contribution in [-0.2, 0) is 16.2 Å². The van der Waals surface area contributed by atoms with Gasteiger partial charge in [-0.1, -0.05) is 117 Å². The fourth-order valence-electron chi connectivity index (χ4n) is 9.08. The van der Waals surface area contributed by atoms with Crippen LogP contribution in [0.4, 0.5) is 22.7 Å². The Morgan fingerprint density at radius 1 is 0.446 bits per heavy atom. The molecule has 0 aliphatic carbocycles. The summed E-state index contributed by atoms with van der Waals surface area (Å²) in [6.45, 7) is 20.8. The van der Waals surface area contributed by atoms with E-state index in [1.165, 1.54) is 22.1 Å². The Hall–Kier alpha value is -7.25. The third kappa shape index (κ3) is 7.79. The van der Waals surface area contributed by atoms with Crippen LogP contribution < -0.4 is 14.5 Å². The van der Waals surface area contributed by atoms with Crippen molar-refractivity contribution in [1.82, 2.24) is 19.5 Å². The molecule has 9 aromatic rings. The van der Waals surface area contributed by atoms with Crippen LogP contribution >= 0.6 is 0 Å². The van der Waals surface area contributed by atoms with E-state index in [0.717, 1.165) is 79.0 Å². The number of ether oxygens (including phenoxy) is 1. The SMILES string of the molecule is CC(C)(C)c1ccnc(-c2cccc(-c3cc(C(C)(C)C)ccn3)c2N2CN(c3cccc(Oc4ccc5c6ccccc6n(-c6cc(C(C)(C)C)ccn6)c5c4)c3)c3ccccc32)c1. The zero-order valence-electron chi connectivity index (χ0n) is 38.9. The van der Waals surface area contributed by atoms with Crippen LogP contribution in [0.5, 0.6) is 11.5 Å². The molecule has 5 aromatic carbocycles. The zero-order valence-corrected chi connectivity index (χ0v) is 38.9. The summed E-state index contributed by atoms with van der Waals surface area (Å²) in [6, 6.07) is 51.6. The molecule has 65 heavy (non-hydrogen) atoms. The molecule has 0 unspecified atom stereocenters. The smallest absolute Gasteiger partial charge is 0.137 e. The molecule has 1 aliphatic rings. The monoisotopic (exact) mass is 852 g/mol. The van der Waals surface area contributed by atoms with Crippen molar-refractivity contribution in [2.45, 2.75) is 78.6 Å². The quantitative estimate of drug-likeness (QED) is 0.159. The molecule has 0 saturated carbocycles. The lowest BCUT2D eigenvalue weighted by molar-refractivity contribution is 0.483. The second kappa shape index (κ2) is 15.8. The molecule has 0 fully saturated rings. The van der Waals surface area contributed by atoms with E-state index in [9.17, 15) is 0 Å². The number of nitrogens with zero attached hydrogens (tertiary/aromatic N) is 6. The van der Waals surface area contributed by atoms with Crippen molar-refractivity contribution in [3.8, 4) is 39.8 Å². The van der Waals surface area contributed by atoms with Crippen LogP contribution in [0, 0.1) is 0 Å². The maximum absolute atomic E-state index is 6.79. The molecule has 5 heterocycles. The van der Waals surface area contributed by atoms with Crippen molar-refractivity contribution in [2.75, 3.05) is 16.5 Å². The minimum absolute atomic E-state index is 0.0151. The van der Waals surface area contributed by atoms with Gasteiger partial charge in [0.2, 0.25) is 0 Å². The Bertz CT molecular complexity index is 3180.